The number of carbonyl (C=O) groups excluding carboxylic acids is 2. The Morgan fingerprint density at radius 1 is 1.21 bits per heavy atom. The van der Waals surface area contributed by atoms with Gasteiger partial charge < -0.3 is 14.0 Å². The molecule has 0 amide bonds. The topological polar surface area (TPSA) is 123 Å². The number of carbonyl (C=O) groups is 2. The Labute approximate surface area is 191 Å². The number of aromatic nitrogens is 1. The molecule has 0 aliphatic rings. The van der Waals surface area contributed by atoms with E-state index in [2.05, 4.69) is 23.2 Å². The normalized spacial score (nSPS) is 12.0. The highest BCUT2D eigenvalue weighted by atomic mass is 32.2. The Bertz CT molecular complexity index is 1110. The maximum absolute atomic E-state index is 11.7. The average molecular weight is 508 g/mol. The number of benzene rings is 1. The van der Waals surface area contributed by atoms with Crippen LogP contribution in [0.1, 0.15) is 23.9 Å². The smallest absolute Gasteiger partial charge is 0.485 e. The molecule has 2 aromatic rings. The molecule has 1 aromatic carbocycles. The Morgan fingerprint density at radius 3 is 2.24 bits per heavy atom. The van der Waals surface area contributed by atoms with Crippen molar-refractivity contribution in [2.75, 3.05) is 6.61 Å². The highest BCUT2D eigenvalue weighted by Crippen LogP contribution is 2.21. The van der Waals surface area contributed by atoms with Gasteiger partial charge in [-0.15, -0.1) is 0 Å². The molecule has 0 N–H and O–H groups in total. The van der Waals surface area contributed by atoms with Crippen LogP contribution >= 0.6 is 10.5 Å². The van der Waals surface area contributed by atoms with E-state index in [4.69, 9.17) is 22.4 Å². The molecule has 13 heteroatoms. The minimum atomic E-state index is -6.09. The molecule has 0 aliphatic carbocycles. The van der Waals surface area contributed by atoms with Crippen molar-refractivity contribution in [2.45, 2.75) is 18.9 Å². The van der Waals surface area contributed by atoms with Crippen LogP contribution in [0, 0.1) is 0 Å². The molecule has 0 saturated carbocycles. The summed E-state index contributed by atoms with van der Waals surface area (Å²) < 4.78 is 69.0. The average Bonchev–Trinajstić information content (AvgIpc) is 3.11. The molecule has 0 saturated heterocycles. The summed E-state index contributed by atoms with van der Waals surface area (Å²) in [6.45, 7) is 4.99. The van der Waals surface area contributed by atoms with Gasteiger partial charge in [0.25, 0.3) is 5.01 Å². The van der Waals surface area contributed by atoms with Crippen molar-refractivity contribution in [3.8, 4) is 5.75 Å². The van der Waals surface area contributed by atoms with Crippen LogP contribution in [0.5, 0.6) is 5.75 Å². The second kappa shape index (κ2) is 12.3. The number of esters is 2. The fourth-order valence-corrected chi connectivity index (χ4v) is 2.74. The van der Waals surface area contributed by atoms with E-state index in [1.165, 1.54) is 0 Å². The van der Waals surface area contributed by atoms with E-state index in [1.54, 1.807) is 19.1 Å². The molecular weight excluding hydrogens is 487 g/mol. The van der Waals surface area contributed by atoms with E-state index in [0.29, 0.717) is 11.3 Å². The van der Waals surface area contributed by atoms with E-state index in [-0.39, 0.29) is 23.5 Å². The van der Waals surface area contributed by atoms with Crippen molar-refractivity contribution in [3.05, 3.63) is 58.6 Å². The zero-order valence-electron chi connectivity index (χ0n) is 17.5. The zero-order chi connectivity index (χ0) is 25.2. The van der Waals surface area contributed by atoms with Crippen molar-refractivity contribution in [2.24, 2.45) is 6.26 Å². The predicted molar refractivity (Wildman–Crippen MR) is 115 cm³/mol. The molecule has 0 aliphatic heterocycles. The standard InChI is InChI=1S/C19H20NO4S.CHF3O3S/c1-14(2)19(22)23-12-10-18(21)24-16-7-4-15(5-8-16)6-9-17-20-11-13-25(17)3;2-1(3,4)8(5,6)7/h4-9,11,13H,1,10,12H2,2-3H3;(H,5,6,7)/q+1;/p-1. The number of alkyl halides is 3. The molecule has 0 fully saturated rings. The summed E-state index contributed by atoms with van der Waals surface area (Å²) >= 11 is 0. The minimum Gasteiger partial charge on any atom is -0.741 e. The van der Waals surface area contributed by atoms with Crippen LogP contribution < -0.4 is 4.74 Å². The molecule has 1 unspecified atom stereocenters. The molecule has 0 radical (unpaired) electrons. The van der Waals surface area contributed by atoms with Gasteiger partial charge in [0.2, 0.25) is 0 Å². The summed E-state index contributed by atoms with van der Waals surface area (Å²) in [5.41, 5.74) is -4.36. The number of nitrogens with zero attached hydrogens (tertiary/aromatic N) is 1. The quantitative estimate of drug-likeness (QED) is 0.138. The van der Waals surface area contributed by atoms with Crippen LogP contribution in [-0.4, -0.2) is 42.0 Å². The lowest BCUT2D eigenvalue weighted by Crippen LogP contribution is -2.21. The van der Waals surface area contributed by atoms with Crippen molar-refractivity contribution < 1.29 is 45.2 Å². The summed E-state index contributed by atoms with van der Waals surface area (Å²) in [4.78, 5) is 27.2. The lowest BCUT2D eigenvalue weighted by atomic mass is 10.2. The van der Waals surface area contributed by atoms with Gasteiger partial charge in [0.1, 0.15) is 18.6 Å². The Hall–Kier alpha value is -3.03. The summed E-state index contributed by atoms with van der Waals surface area (Å²) in [6.07, 6.45) is 7.88. The van der Waals surface area contributed by atoms with Gasteiger partial charge in [0, 0.05) is 22.1 Å². The zero-order valence-corrected chi connectivity index (χ0v) is 19.1. The lowest BCUT2D eigenvalue weighted by molar-refractivity contribution is -0.142. The van der Waals surface area contributed by atoms with E-state index in [1.807, 2.05) is 30.5 Å². The maximum Gasteiger partial charge on any atom is 0.485 e. The molecule has 0 bridgehead atoms. The fraction of sp³-hybridized carbons (Fsp3) is 0.250. The van der Waals surface area contributed by atoms with Crippen molar-refractivity contribution >= 4 is 44.7 Å². The number of halogens is 3. The van der Waals surface area contributed by atoms with Crippen molar-refractivity contribution in [1.82, 2.24) is 4.98 Å². The largest absolute Gasteiger partial charge is 0.741 e. The first-order valence-electron chi connectivity index (χ1n) is 8.93. The van der Waals surface area contributed by atoms with Gasteiger partial charge in [-0.2, -0.15) is 13.2 Å². The Morgan fingerprint density at radius 2 is 1.79 bits per heavy atom. The van der Waals surface area contributed by atoms with Gasteiger partial charge in [-0.1, -0.05) is 18.7 Å². The highest BCUT2D eigenvalue weighted by Gasteiger charge is 2.36. The van der Waals surface area contributed by atoms with E-state index < -0.39 is 27.6 Å². The summed E-state index contributed by atoms with van der Waals surface area (Å²) in [5.74, 6) is -0.524. The fourth-order valence-electron chi connectivity index (χ4n) is 1.85. The molecule has 1 heterocycles. The first-order valence-corrected chi connectivity index (χ1v) is 12.0. The Kier molecular flexibility index (Phi) is 10.4. The van der Waals surface area contributed by atoms with E-state index >= 15 is 0 Å². The van der Waals surface area contributed by atoms with Crippen molar-refractivity contribution in [1.29, 1.82) is 0 Å². The minimum absolute atomic E-state index is 0.00763. The Balaban J connectivity index is 0.000000582. The third-order valence-electron chi connectivity index (χ3n) is 3.50. The second-order valence-corrected chi connectivity index (χ2v) is 9.43. The maximum atomic E-state index is 11.7. The van der Waals surface area contributed by atoms with Gasteiger partial charge in [-0.25, -0.2) is 18.2 Å². The van der Waals surface area contributed by atoms with Gasteiger partial charge in [0.05, 0.1) is 12.6 Å². The van der Waals surface area contributed by atoms with E-state index in [0.717, 1.165) is 10.6 Å². The van der Waals surface area contributed by atoms with Crippen molar-refractivity contribution in [3.63, 3.8) is 0 Å². The van der Waals surface area contributed by atoms with Gasteiger partial charge in [-0.05, 0) is 30.7 Å². The molecule has 1 aromatic heterocycles. The number of thiazole rings is 1. The van der Waals surface area contributed by atoms with Gasteiger partial charge in [-0.3, -0.25) is 4.79 Å². The summed E-state index contributed by atoms with van der Waals surface area (Å²) in [7, 11) is -6.02. The van der Waals surface area contributed by atoms with Crippen LogP contribution in [-0.2, 0) is 30.7 Å². The third-order valence-corrected chi connectivity index (χ3v) is 5.50. The predicted octanol–water partition coefficient (Wildman–Crippen LogP) is 4.00. The number of hydrogen-bond donors (Lipinski definition) is 0. The monoisotopic (exact) mass is 507 g/mol. The summed E-state index contributed by atoms with van der Waals surface area (Å²) in [5, 5.41) is 3.11. The van der Waals surface area contributed by atoms with Crippen LogP contribution in [0.2, 0.25) is 0 Å². The van der Waals surface area contributed by atoms with Crippen LogP contribution in [0.3, 0.4) is 0 Å². The van der Waals surface area contributed by atoms with Gasteiger partial charge in [0.15, 0.2) is 15.5 Å². The van der Waals surface area contributed by atoms with Crippen LogP contribution in [0.4, 0.5) is 13.2 Å². The molecule has 8 nitrogen and oxygen atoms in total. The van der Waals surface area contributed by atoms with E-state index in [9.17, 15) is 22.8 Å². The number of rotatable bonds is 7. The highest BCUT2D eigenvalue weighted by molar-refractivity contribution is 7.86. The SMILES string of the molecule is C=C(C)C(=O)OCCC(=O)Oc1ccc(C=Cc2ncc[s+]2C)cc1.O=S(=O)([O-])C(F)(F)F. The molecular formula is C20H20F3NO7S2. The first kappa shape index (κ1) is 28.0. The molecule has 0 spiro atoms. The second-order valence-electron chi connectivity index (χ2n) is 6.25. The summed E-state index contributed by atoms with van der Waals surface area (Å²) in [6, 6.07) is 7.16. The molecule has 180 valence electrons. The molecule has 1 atom stereocenters. The molecule has 2 rings (SSSR count). The molecule has 33 heavy (non-hydrogen) atoms. The van der Waals surface area contributed by atoms with Crippen LogP contribution in [0.15, 0.2) is 48.0 Å². The van der Waals surface area contributed by atoms with Gasteiger partial charge >= 0.3 is 17.4 Å². The first-order chi connectivity index (χ1) is 15.2. The van der Waals surface area contributed by atoms with Crippen LogP contribution in [0.25, 0.3) is 12.2 Å². The number of aryl methyl sites for hydroxylation is 1. The lowest BCUT2D eigenvalue weighted by Gasteiger charge is -2.08. The third kappa shape index (κ3) is 10.4. The number of ether oxygens (including phenoxy) is 2. The number of hydrogen-bond acceptors (Lipinski definition) is 8.